The van der Waals surface area contributed by atoms with E-state index in [1.807, 2.05) is 18.2 Å². The van der Waals surface area contributed by atoms with Gasteiger partial charge < -0.3 is 30.5 Å². The fraction of sp³-hybridized carbons (Fsp3) is 0.400. The molecule has 11 heteroatoms. The third-order valence-corrected chi connectivity index (χ3v) is 6.30. The minimum Gasteiger partial charge on any atom is -0.454 e. The minimum absolute atomic E-state index is 0.0158. The highest BCUT2D eigenvalue weighted by Crippen LogP contribution is 2.32. The normalized spacial score (nSPS) is 16.0. The number of rotatable bonds is 10. The highest BCUT2D eigenvalue weighted by Gasteiger charge is 2.24. The maximum absolute atomic E-state index is 12.6. The van der Waals surface area contributed by atoms with Crippen molar-refractivity contribution in [2.24, 2.45) is 5.73 Å². The summed E-state index contributed by atoms with van der Waals surface area (Å²) < 4.78 is 10.8. The molecule has 2 heterocycles. The van der Waals surface area contributed by atoms with E-state index in [0.29, 0.717) is 25.2 Å². The largest absolute Gasteiger partial charge is 0.454 e. The van der Waals surface area contributed by atoms with Crippen molar-refractivity contribution in [1.29, 1.82) is 5.41 Å². The molecule has 11 nitrogen and oxygen atoms in total. The second kappa shape index (κ2) is 11.8. The van der Waals surface area contributed by atoms with E-state index in [1.54, 1.807) is 29.2 Å². The van der Waals surface area contributed by atoms with Crippen LogP contribution in [0.3, 0.4) is 0 Å². The van der Waals surface area contributed by atoms with Crippen molar-refractivity contribution in [3.63, 3.8) is 0 Å². The highest BCUT2D eigenvalue weighted by atomic mass is 16.7. The average Bonchev–Trinajstić information content (AvgIpc) is 3.36. The predicted molar refractivity (Wildman–Crippen MR) is 133 cm³/mol. The number of nitrogens with zero attached hydrogens (tertiary/aromatic N) is 2. The van der Waals surface area contributed by atoms with Crippen molar-refractivity contribution in [3.8, 4) is 11.5 Å². The lowest BCUT2D eigenvalue weighted by atomic mass is 10.1. The molecule has 1 fully saturated rings. The number of piperazine rings is 1. The topological polar surface area (TPSA) is 153 Å². The van der Waals surface area contributed by atoms with Crippen molar-refractivity contribution in [2.45, 2.75) is 19.1 Å². The van der Waals surface area contributed by atoms with Crippen LogP contribution in [0.15, 0.2) is 42.5 Å². The van der Waals surface area contributed by atoms with Crippen LogP contribution in [-0.2, 0) is 22.7 Å². The second-order valence-corrected chi connectivity index (χ2v) is 8.79. The zero-order chi connectivity index (χ0) is 25.5. The fourth-order valence-electron chi connectivity index (χ4n) is 4.13. The van der Waals surface area contributed by atoms with Gasteiger partial charge in [0.15, 0.2) is 11.5 Å². The first-order valence-corrected chi connectivity index (χ1v) is 11.9. The lowest BCUT2D eigenvalue weighted by Crippen LogP contribution is -2.53. The summed E-state index contributed by atoms with van der Waals surface area (Å²) in [4.78, 5) is 29.1. The van der Waals surface area contributed by atoms with Gasteiger partial charge in [-0.1, -0.05) is 30.3 Å². The molecule has 0 bridgehead atoms. The molecule has 2 amide bonds. The Morgan fingerprint density at radius 3 is 2.42 bits per heavy atom. The van der Waals surface area contributed by atoms with E-state index in [9.17, 15) is 14.7 Å². The number of nitrogens with two attached hydrogens (primary N) is 1. The summed E-state index contributed by atoms with van der Waals surface area (Å²) in [5.41, 5.74) is 8.07. The van der Waals surface area contributed by atoms with E-state index in [2.05, 4.69) is 15.5 Å². The van der Waals surface area contributed by atoms with Crippen LogP contribution in [0.25, 0.3) is 0 Å². The van der Waals surface area contributed by atoms with Gasteiger partial charge in [0, 0.05) is 44.8 Å². The monoisotopic (exact) mass is 496 g/mol. The van der Waals surface area contributed by atoms with Crippen molar-refractivity contribution < 1.29 is 24.2 Å². The van der Waals surface area contributed by atoms with Crippen molar-refractivity contribution in [2.75, 3.05) is 46.1 Å². The average molecular weight is 497 g/mol. The summed E-state index contributed by atoms with van der Waals surface area (Å²) in [5, 5.41) is 22.7. The first-order chi connectivity index (χ1) is 17.4. The maximum Gasteiger partial charge on any atom is 0.242 e. The number of benzene rings is 2. The van der Waals surface area contributed by atoms with Crippen LogP contribution in [0.2, 0.25) is 0 Å². The highest BCUT2D eigenvalue weighted by molar-refractivity contribution is 5.94. The predicted octanol–water partition coefficient (Wildman–Crippen LogP) is -0.390. The number of fused-ring (bicyclic) bond motifs is 1. The number of nitrogens with one attached hydrogen (secondary N) is 3. The van der Waals surface area contributed by atoms with E-state index in [0.717, 1.165) is 42.3 Å². The number of carbonyl (C=O) groups is 2. The van der Waals surface area contributed by atoms with Gasteiger partial charge in [-0.3, -0.25) is 25.2 Å². The van der Waals surface area contributed by atoms with Gasteiger partial charge in [0.2, 0.25) is 18.6 Å². The van der Waals surface area contributed by atoms with Crippen LogP contribution >= 0.6 is 0 Å². The Bertz CT molecular complexity index is 1080. The van der Waals surface area contributed by atoms with E-state index >= 15 is 0 Å². The van der Waals surface area contributed by atoms with Crippen LogP contribution in [-0.4, -0.2) is 84.7 Å². The van der Waals surface area contributed by atoms with Gasteiger partial charge in [-0.15, -0.1) is 0 Å². The van der Waals surface area contributed by atoms with Crippen LogP contribution in [0.4, 0.5) is 0 Å². The number of amidine groups is 1. The summed E-state index contributed by atoms with van der Waals surface area (Å²) in [7, 11) is 0. The van der Waals surface area contributed by atoms with Gasteiger partial charge in [-0.05, 0) is 23.3 Å². The molecule has 2 aliphatic heterocycles. The third-order valence-electron chi connectivity index (χ3n) is 6.30. The summed E-state index contributed by atoms with van der Waals surface area (Å²) in [5.74, 6) is 0.921. The van der Waals surface area contributed by atoms with Gasteiger partial charge >= 0.3 is 0 Å². The minimum atomic E-state index is -0.844. The lowest BCUT2D eigenvalue weighted by molar-refractivity contribution is -0.135. The van der Waals surface area contributed by atoms with E-state index in [4.69, 9.17) is 20.6 Å². The molecular weight excluding hydrogens is 464 g/mol. The zero-order valence-corrected chi connectivity index (χ0v) is 20.0. The van der Waals surface area contributed by atoms with Crippen LogP contribution < -0.4 is 25.8 Å². The standard InChI is InChI=1S/C25H32N6O5/c26-24(27)19-4-1-17(2-5-19)12-28-20(15-32)25(34)29-13-23(33)31-9-7-30(8-10-31)14-18-3-6-21-22(11-18)36-16-35-21/h1-6,11,20,28,32H,7-10,12-16H2,(H3,26,27)(H,29,34). The Kier molecular flexibility index (Phi) is 8.36. The smallest absolute Gasteiger partial charge is 0.242 e. The first kappa shape index (κ1) is 25.4. The number of aliphatic hydroxyl groups excluding tert-OH is 1. The third kappa shape index (κ3) is 6.51. The maximum atomic E-state index is 12.6. The summed E-state index contributed by atoms with van der Waals surface area (Å²) >= 11 is 0. The van der Waals surface area contributed by atoms with Gasteiger partial charge in [0.1, 0.15) is 11.9 Å². The Labute approximate surface area is 209 Å². The molecule has 4 rings (SSSR count). The Morgan fingerprint density at radius 1 is 1.03 bits per heavy atom. The van der Waals surface area contributed by atoms with Gasteiger partial charge in [0.05, 0.1) is 13.2 Å². The molecule has 0 aliphatic carbocycles. The number of carbonyl (C=O) groups excluding carboxylic acids is 2. The molecule has 0 aromatic heterocycles. The number of nitrogen functional groups attached to an aromatic ring is 1. The Balaban J connectivity index is 1.17. The fourth-order valence-corrected chi connectivity index (χ4v) is 4.13. The van der Waals surface area contributed by atoms with Crippen molar-refractivity contribution in [1.82, 2.24) is 20.4 Å². The molecule has 0 spiro atoms. The number of hydrogen-bond acceptors (Lipinski definition) is 8. The van der Waals surface area contributed by atoms with Gasteiger partial charge in [-0.25, -0.2) is 0 Å². The molecule has 2 aromatic rings. The van der Waals surface area contributed by atoms with Crippen molar-refractivity contribution >= 4 is 17.6 Å². The molecular formula is C25H32N6O5. The molecule has 6 N–H and O–H groups in total. The molecule has 0 radical (unpaired) electrons. The quantitative estimate of drug-likeness (QED) is 0.220. The van der Waals surface area contributed by atoms with Crippen molar-refractivity contribution in [3.05, 3.63) is 59.2 Å². The summed E-state index contributed by atoms with van der Waals surface area (Å²) in [6.45, 7) is 3.47. The number of amides is 2. The number of aliphatic hydroxyl groups is 1. The summed E-state index contributed by atoms with van der Waals surface area (Å²) in [6, 6.07) is 12.1. The van der Waals surface area contributed by atoms with E-state index < -0.39 is 18.6 Å². The molecule has 1 unspecified atom stereocenters. The molecule has 36 heavy (non-hydrogen) atoms. The molecule has 0 saturated carbocycles. The lowest BCUT2D eigenvalue weighted by Gasteiger charge is -2.35. The number of hydrogen-bond donors (Lipinski definition) is 5. The van der Waals surface area contributed by atoms with Crippen LogP contribution in [0.1, 0.15) is 16.7 Å². The van der Waals surface area contributed by atoms with E-state index in [1.165, 1.54) is 0 Å². The first-order valence-electron chi connectivity index (χ1n) is 11.9. The Hall–Kier alpha value is -3.67. The molecule has 2 aromatic carbocycles. The Morgan fingerprint density at radius 2 is 1.72 bits per heavy atom. The molecule has 192 valence electrons. The zero-order valence-electron chi connectivity index (χ0n) is 20.0. The molecule has 1 saturated heterocycles. The SMILES string of the molecule is N=C(N)c1ccc(CNC(CO)C(=O)NCC(=O)N2CCN(Cc3ccc4c(c3)OCO4)CC2)cc1. The summed E-state index contributed by atoms with van der Waals surface area (Å²) in [6.07, 6.45) is 0. The van der Waals surface area contributed by atoms with E-state index in [-0.39, 0.29) is 25.1 Å². The van der Waals surface area contributed by atoms with Gasteiger partial charge in [-0.2, -0.15) is 0 Å². The molecule has 1 atom stereocenters. The second-order valence-electron chi connectivity index (χ2n) is 8.79. The van der Waals surface area contributed by atoms with Crippen LogP contribution in [0.5, 0.6) is 11.5 Å². The van der Waals surface area contributed by atoms with Crippen LogP contribution in [0, 0.1) is 5.41 Å². The number of ether oxygens (including phenoxy) is 2. The van der Waals surface area contributed by atoms with Gasteiger partial charge in [0.25, 0.3) is 0 Å². The molecule has 2 aliphatic rings.